The van der Waals surface area contributed by atoms with Gasteiger partial charge in [-0.1, -0.05) is 15.9 Å². The van der Waals surface area contributed by atoms with Gasteiger partial charge in [-0.3, -0.25) is 4.79 Å². The number of aromatic hydroxyl groups is 1. The number of carbonyl (C=O) groups excluding carboxylic acids is 1. The fourth-order valence-electron chi connectivity index (χ4n) is 1.01. The lowest BCUT2D eigenvalue weighted by Gasteiger charge is -2.10. The molecule has 0 heterocycles. The van der Waals surface area contributed by atoms with Crippen LogP contribution in [0.4, 0.5) is 13.2 Å². The first kappa shape index (κ1) is 12.8. The monoisotopic (exact) mass is 298 g/mol. The molecule has 0 saturated carbocycles. The zero-order valence-corrected chi connectivity index (χ0v) is 9.30. The molecule has 7 heteroatoms. The summed E-state index contributed by atoms with van der Waals surface area (Å²) in [7, 11) is 0. The fourth-order valence-corrected chi connectivity index (χ4v) is 1.34. The lowest BCUT2D eigenvalue weighted by atomic mass is 10.1. The van der Waals surface area contributed by atoms with Gasteiger partial charge in [0.2, 0.25) is 0 Å². The predicted octanol–water partition coefficient (Wildman–Crippen LogP) is 2.87. The average molecular weight is 299 g/mol. The van der Waals surface area contributed by atoms with Crippen LogP contribution >= 0.6 is 15.9 Å². The molecule has 88 valence electrons. The lowest BCUT2D eigenvalue weighted by Crippen LogP contribution is -2.17. The minimum Gasteiger partial charge on any atom is -0.508 e. The molecule has 0 saturated heterocycles. The Bertz CT molecular complexity index is 403. The second kappa shape index (κ2) is 4.73. The third kappa shape index (κ3) is 3.73. The van der Waals surface area contributed by atoms with Crippen molar-refractivity contribution in [1.82, 2.24) is 0 Å². The van der Waals surface area contributed by atoms with Crippen LogP contribution in [0.3, 0.4) is 0 Å². The Hall–Kier alpha value is -1.24. The molecule has 0 atom stereocenters. The SMILES string of the molecule is O=C(CBr)c1cc(O)cc(OC(F)(F)F)c1. The summed E-state index contributed by atoms with van der Waals surface area (Å²) in [5.41, 5.74) is -0.0591. The molecular formula is C9H6BrF3O3. The van der Waals surface area contributed by atoms with Crippen molar-refractivity contribution < 1.29 is 27.8 Å². The summed E-state index contributed by atoms with van der Waals surface area (Å²) in [6.45, 7) is 0. The molecule has 1 aromatic carbocycles. The first-order chi connectivity index (χ1) is 7.31. The van der Waals surface area contributed by atoms with Gasteiger partial charge in [-0.25, -0.2) is 0 Å². The zero-order chi connectivity index (χ0) is 12.3. The number of halogens is 4. The van der Waals surface area contributed by atoms with Gasteiger partial charge in [-0.05, 0) is 12.1 Å². The van der Waals surface area contributed by atoms with Crippen molar-refractivity contribution in [2.75, 3.05) is 5.33 Å². The fraction of sp³-hybridized carbons (Fsp3) is 0.222. The van der Waals surface area contributed by atoms with Crippen LogP contribution in [0.15, 0.2) is 18.2 Å². The Balaban J connectivity index is 3.03. The summed E-state index contributed by atoms with van der Waals surface area (Å²) < 4.78 is 39.3. The maximum atomic E-state index is 11.9. The Morgan fingerprint density at radius 2 is 2.00 bits per heavy atom. The number of phenolic OH excluding ortho intramolecular Hbond substituents is 1. The maximum absolute atomic E-state index is 11.9. The first-order valence-electron chi connectivity index (χ1n) is 4.01. The van der Waals surface area contributed by atoms with E-state index < -0.39 is 23.6 Å². The van der Waals surface area contributed by atoms with E-state index in [0.717, 1.165) is 18.2 Å². The van der Waals surface area contributed by atoms with Gasteiger partial charge in [0.1, 0.15) is 11.5 Å². The van der Waals surface area contributed by atoms with Crippen LogP contribution < -0.4 is 4.74 Å². The van der Waals surface area contributed by atoms with Crippen LogP contribution in [-0.4, -0.2) is 22.6 Å². The van der Waals surface area contributed by atoms with Crippen molar-refractivity contribution in [3.8, 4) is 11.5 Å². The van der Waals surface area contributed by atoms with E-state index >= 15 is 0 Å². The largest absolute Gasteiger partial charge is 0.573 e. The van der Waals surface area contributed by atoms with E-state index in [-0.39, 0.29) is 10.9 Å². The Labute approximate surface area is 97.0 Å². The number of benzene rings is 1. The molecule has 0 spiro atoms. The van der Waals surface area contributed by atoms with Gasteiger partial charge < -0.3 is 9.84 Å². The number of ether oxygens (including phenoxy) is 1. The lowest BCUT2D eigenvalue weighted by molar-refractivity contribution is -0.274. The molecule has 16 heavy (non-hydrogen) atoms. The van der Waals surface area contributed by atoms with Crippen LogP contribution in [0.1, 0.15) is 10.4 Å². The molecule has 0 aliphatic rings. The maximum Gasteiger partial charge on any atom is 0.573 e. The van der Waals surface area contributed by atoms with Gasteiger partial charge >= 0.3 is 6.36 Å². The zero-order valence-electron chi connectivity index (χ0n) is 7.71. The van der Waals surface area contributed by atoms with Crippen LogP contribution in [0.2, 0.25) is 0 Å². The van der Waals surface area contributed by atoms with Crippen LogP contribution in [0.5, 0.6) is 11.5 Å². The predicted molar refractivity (Wildman–Crippen MR) is 52.9 cm³/mol. The Morgan fingerprint density at radius 1 is 1.38 bits per heavy atom. The highest BCUT2D eigenvalue weighted by Gasteiger charge is 2.31. The quantitative estimate of drug-likeness (QED) is 0.689. The van der Waals surface area contributed by atoms with Crippen LogP contribution in [0, 0.1) is 0 Å². The number of phenols is 1. The van der Waals surface area contributed by atoms with Crippen molar-refractivity contribution >= 4 is 21.7 Å². The molecule has 0 aliphatic carbocycles. The molecule has 0 aromatic heterocycles. The molecule has 0 unspecified atom stereocenters. The van der Waals surface area contributed by atoms with Gasteiger partial charge in [-0.15, -0.1) is 13.2 Å². The van der Waals surface area contributed by atoms with Crippen molar-refractivity contribution in [3.05, 3.63) is 23.8 Å². The van der Waals surface area contributed by atoms with Crippen LogP contribution in [0.25, 0.3) is 0 Å². The first-order valence-corrected chi connectivity index (χ1v) is 5.13. The number of Topliss-reactive ketones (excluding diaryl/α,β-unsaturated/α-hetero) is 1. The Kier molecular flexibility index (Phi) is 3.79. The van der Waals surface area contributed by atoms with Gasteiger partial charge in [-0.2, -0.15) is 0 Å². The second-order valence-electron chi connectivity index (χ2n) is 2.82. The summed E-state index contributed by atoms with van der Waals surface area (Å²) in [5.74, 6) is -1.55. The normalized spacial score (nSPS) is 11.2. The summed E-state index contributed by atoms with van der Waals surface area (Å²) >= 11 is 2.87. The summed E-state index contributed by atoms with van der Waals surface area (Å²) in [6, 6.07) is 2.75. The van der Waals surface area contributed by atoms with E-state index in [1.54, 1.807) is 0 Å². The summed E-state index contributed by atoms with van der Waals surface area (Å²) in [4.78, 5) is 11.2. The standard InChI is InChI=1S/C9H6BrF3O3/c10-4-8(15)5-1-6(14)3-7(2-5)16-9(11,12)13/h1-3,14H,4H2. The molecule has 0 fully saturated rings. The molecule has 1 rings (SSSR count). The van der Waals surface area contributed by atoms with Gasteiger partial charge in [0, 0.05) is 11.6 Å². The van der Waals surface area contributed by atoms with E-state index in [1.807, 2.05) is 0 Å². The van der Waals surface area contributed by atoms with Crippen molar-refractivity contribution in [2.45, 2.75) is 6.36 Å². The highest BCUT2D eigenvalue weighted by Crippen LogP contribution is 2.27. The molecule has 1 aromatic rings. The number of alkyl halides is 4. The minimum absolute atomic E-state index is 0.0537. The number of rotatable bonds is 3. The number of ketones is 1. The summed E-state index contributed by atoms with van der Waals surface area (Å²) in [6.07, 6.45) is -4.86. The molecule has 0 bridgehead atoms. The molecule has 0 radical (unpaired) electrons. The topological polar surface area (TPSA) is 46.5 Å². The molecular weight excluding hydrogens is 293 g/mol. The van der Waals surface area contributed by atoms with E-state index in [9.17, 15) is 18.0 Å². The van der Waals surface area contributed by atoms with Crippen molar-refractivity contribution in [3.63, 3.8) is 0 Å². The summed E-state index contributed by atoms with van der Waals surface area (Å²) in [5, 5.41) is 9.07. The number of hydrogen-bond acceptors (Lipinski definition) is 3. The average Bonchev–Trinajstić information content (AvgIpc) is 2.12. The number of carbonyl (C=O) groups is 1. The Morgan fingerprint density at radius 3 is 2.50 bits per heavy atom. The minimum atomic E-state index is -4.86. The third-order valence-corrected chi connectivity index (χ3v) is 2.08. The highest BCUT2D eigenvalue weighted by atomic mass is 79.9. The second-order valence-corrected chi connectivity index (χ2v) is 3.38. The van der Waals surface area contributed by atoms with E-state index in [1.165, 1.54) is 0 Å². The third-order valence-electron chi connectivity index (χ3n) is 1.57. The number of hydrogen-bond donors (Lipinski definition) is 1. The smallest absolute Gasteiger partial charge is 0.508 e. The van der Waals surface area contributed by atoms with E-state index in [2.05, 4.69) is 20.7 Å². The molecule has 1 N–H and O–H groups in total. The van der Waals surface area contributed by atoms with Gasteiger partial charge in [0.25, 0.3) is 0 Å². The van der Waals surface area contributed by atoms with Crippen LogP contribution in [-0.2, 0) is 0 Å². The van der Waals surface area contributed by atoms with Gasteiger partial charge in [0.05, 0.1) is 5.33 Å². The van der Waals surface area contributed by atoms with E-state index in [4.69, 9.17) is 5.11 Å². The molecule has 0 aliphatic heterocycles. The molecule has 0 amide bonds. The van der Waals surface area contributed by atoms with Crippen molar-refractivity contribution in [2.24, 2.45) is 0 Å². The van der Waals surface area contributed by atoms with E-state index in [0.29, 0.717) is 0 Å². The van der Waals surface area contributed by atoms with Crippen molar-refractivity contribution in [1.29, 1.82) is 0 Å². The van der Waals surface area contributed by atoms with Gasteiger partial charge in [0.15, 0.2) is 5.78 Å². The molecule has 3 nitrogen and oxygen atoms in total. The highest BCUT2D eigenvalue weighted by molar-refractivity contribution is 9.09.